The Bertz CT molecular complexity index is 490. The molecule has 0 spiro atoms. The summed E-state index contributed by atoms with van der Waals surface area (Å²) >= 11 is 0. The highest BCUT2D eigenvalue weighted by atomic mass is 16.6. The normalized spacial score (nSPS) is 11.0. The van der Waals surface area contributed by atoms with Crippen molar-refractivity contribution in [2.75, 3.05) is 7.05 Å². The van der Waals surface area contributed by atoms with Gasteiger partial charge >= 0.3 is 5.97 Å². The number of aryl methyl sites for hydroxylation is 1. The maximum absolute atomic E-state index is 12.0. The highest BCUT2D eigenvalue weighted by Crippen LogP contribution is 2.14. The zero-order chi connectivity index (χ0) is 14.6. The third kappa shape index (κ3) is 4.35. The molecular formula is C14H20N2O3. The van der Waals surface area contributed by atoms with Gasteiger partial charge in [0, 0.05) is 12.7 Å². The molecule has 1 aromatic rings. The molecule has 1 heterocycles. The van der Waals surface area contributed by atoms with Crippen molar-refractivity contribution in [1.29, 1.82) is 0 Å². The quantitative estimate of drug-likeness (QED) is 0.847. The van der Waals surface area contributed by atoms with Crippen molar-refractivity contribution in [1.82, 2.24) is 10.3 Å². The minimum absolute atomic E-state index is 0.225. The highest BCUT2D eigenvalue weighted by Gasteiger charge is 2.20. The Balaban J connectivity index is 3.13. The molecule has 1 amide bonds. The number of hydrogen-bond donors (Lipinski definition) is 1. The van der Waals surface area contributed by atoms with Gasteiger partial charge in [-0.1, -0.05) is 6.92 Å². The van der Waals surface area contributed by atoms with Gasteiger partial charge in [-0.3, -0.25) is 4.79 Å². The van der Waals surface area contributed by atoms with Crippen molar-refractivity contribution >= 4 is 11.9 Å². The van der Waals surface area contributed by atoms with Crippen LogP contribution in [0.3, 0.4) is 0 Å². The molecule has 1 rings (SSSR count). The maximum atomic E-state index is 12.0. The number of carbonyl (C=O) groups excluding carboxylic acids is 2. The van der Waals surface area contributed by atoms with Crippen molar-refractivity contribution in [3.63, 3.8) is 0 Å². The van der Waals surface area contributed by atoms with E-state index in [0.29, 0.717) is 17.7 Å². The van der Waals surface area contributed by atoms with Gasteiger partial charge in [-0.25, -0.2) is 9.78 Å². The first-order chi connectivity index (χ1) is 8.76. The fourth-order valence-corrected chi connectivity index (χ4v) is 1.47. The second kappa shape index (κ2) is 5.82. The number of nitrogens with zero attached hydrogens (tertiary/aromatic N) is 1. The number of amides is 1. The summed E-state index contributed by atoms with van der Waals surface area (Å²) < 4.78 is 5.29. The predicted octanol–water partition coefficient (Wildman–Crippen LogP) is 1.96. The number of aromatic nitrogens is 1. The van der Waals surface area contributed by atoms with Gasteiger partial charge < -0.3 is 10.1 Å². The van der Waals surface area contributed by atoms with Gasteiger partial charge in [0.15, 0.2) is 0 Å². The standard InChI is InChI=1S/C14H20N2O3/c1-6-10-7-9(13(18)19-14(2,3)4)8-11(16-10)12(17)15-5/h7-8H,6H2,1-5H3,(H,15,17). The number of ether oxygens (including phenoxy) is 1. The van der Waals surface area contributed by atoms with Crippen LogP contribution in [0.1, 0.15) is 54.2 Å². The molecule has 0 atom stereocenters. The van der Waals surface area contributed by atoms with Crippen LogP contribution in [0.2, 0.25) is 0 Å². The highest BCUT2D eigenvalue weighted by molar-refractivity contribution is 5.96. The van der Waals surface area contributed by atoms with Gasteiger partial charge in [0.1, 0.15) is 11.3 Å². The molecule has 0 radical (unpaired) electrons. The van der Waals surface area contributed by atoms with E-state index in [1.165, 1.54) is 13.1 Å². The fraction of sp³-hybridized carbons (Fsp3) is 0.500. The zero-order valence-electron chi connectivity index (χ0n) is 12.0. The topological polar surface area (TPSA) is 68.3 Å². The molecular weight excluding hydrogens is 244 g/mol. The summed E-state index contributed by atoms with van der Waals surface area (Å²) in [6.07, 6.45) is 0.640. The number of pyridine rings is 1. The molecule has 104 valence electrons. The van der Waals surface area contributed by atoms with E-state index in [0.717, 1.165) is 0 Å². The van der Waals surface area contributed by atoms with E-state index in [1.807, 2.05) is 6.92 Å². The van der Waals surface area contributed by atoms with Crippen molar-refractivity contribution in [3.05, 3.63) is 29.1 Å². The molecule has 5 nitrogen and oxygen atoms in total. The van der Waals surface area contributed by atoms with Crippen LogP contribution in [0.15, 0.2) is 12.1 Å². The Hall–Kier alpha value is -1.91. The number of rotatable bonds is 3. The molecule has 1 aromatic heterocycles. The monoisotopic (exact) mass is 264 g/mol. The zero-order valence-corrected chi connectivity index (χ0v) is 12.0. The number of esters is 1. The molecule has 0 aliphatic heterocycles. The predicted molar refractivity (Wildman–Crippen MR) is 72.2 cm³/mol. The summed E-state index contributed by atoms with van der Waals surface area (Å²) in [4.78, 5) is 27.8. The van der Waals surface area contributed by atoms with Crippen LogP contribution in [0.5, 0.6) is 0 Å². The molecule has 0 aromatic carbocycles. The Labute approximate surface area is 113 Å². The SMILES string of the molecule is CCc1cc(C(=O)OC(C)(C)C)cc(C(=O)NC)n1. The first kappa shape index (κ1) is 15.1. The fourth-order valence-electron chi connectivity index (χ4n) is 1.47. The lowest BCUT2D eigenvalue weighted by Gasteiger charge is -2.19. The Morgan fingerprint density at radius 1 is 1.32 bits per heavy atom. The first-order valence-electron chi connectivity index (χ1n) is 6.23. The summed E-state index contributed by atoms with van der Waals surface area (Å²) in [6, 6.07) is 3.10. The van der Waals surface area contributed by atoms with E-state index in [4.69, 9.17) is 4.74 Å². The lowest BCUT2D eigenvalue weighted by atomic mass is 10.1. The summed E-state index contributed by atoms with van der Waals surface area (Å²) in [5, 5.41) is 2.49. The minimum atomic E-state index is -0.570. The number of carbonyl (C=O) groups is 2. The lowest BCUT2D eigenvalue weighted by molar-refractivity contribution is 0.00692. The van der Waals surface area contributed by atoms with Gasteiger partial charge in [-0.2, -0.15) is 0 Å². The molecule has 0 aliphatic carbocycles. The summed E-state index contributed by atoms with van der Waals surface area (Å²) in [5.74, 6) is -0.769. The molecule has 1 N–H and O–H groups in total. The van der Waals surface area contributed by atoms with E-state index in [-0.39, 0.29) is 11.6 Å². The average molecular weight is 264 g/mol. The number of nitrogens with one attached hydrogen (secondary N) is 1. The maximum Gasteiger partial charge on any atom is 0.338 e. The summed E-state index contributed by atoms with van der Waals surface area (Å²) in [7, 11) is 1.52. The van der Waals surface area contributed by atoms with Crippen LogP contribution in [0.4, 0.5) is 0 Å². The molecule has 0 saturated heterocycles. The largest absolute Gasteiger partial charge is 0.456 e. The third-order valence-corrected chi connectivity index (χ3v) is 2.33. The lowest BCUT2D eigenvalue weighted by Crippen LogP contribution is -2.25. The summed E-state index contributed by atoms with van der Waals surface area (Å²) in [5.41, 5.74) is 0.685. The van der Waals surface area contributed by atoms with Crippen LogP contribution in [-0.2, 0) is 11.2 Å². The molecule has 0 aliphatic rings. The van der Waals surface area contributed by atoms with Crippen LogP contribution in [0.25, 0.3) is 0 Å². The van der Waals surface area contributed by atoms with E-state index >= 15 is 0 Å². The van der Waals surface area contributed by atoms with Crippen molar-refractivity contribution < 1.29 is 14.3 Å². The molecule has 0 unspecified atom stereocenters. The van der Waals surface area contributed by atoms with Crippen LogP contribution in [0, 0.1) is 0 Å². The average Bonchev–Trinajstić information content (AvgIpc) is 2.35. The second-order valence-corrected chi connectivity index (χ2v) is 5.17. The van der Waals surface area contributed by atoms with Crippen LogP contribution in [-0.4, -0.2) is 29.5 Å². The van der Waals surface area contributed by atoms with Gasteiger partial charge in [0.05, 0.1) is 5.56 Å². The first-order valence-corrected chi connectivity index (χ1v) is 6.23. The van der Waals surface area contributed by atoms with Crippen molar-refractivity contribution in [2.45, 2.75) is 39.7 Å². The Kier molecular flexibility index (Phi) is 4.64. The molecule has 0 saturated carbocycles. The smallest absolute Gasteiger partial charge is 0.338 e. The molecule has 0 bridgehead atoms. The van der Waals surface area contributed by atoms with E-state index in [1.54, 1.807) is 26.8 Å². The van der Waals surface area contributed by atoms with Gasteiger partial charge in [0.25, 0.3) is 5.91 Å². The van der Waals surface area contributed by atoms with E-state index < -0.39 is 11.6 Å². The van der Waals surface area contributed by atoms with E-state index in [2.05, 4.69) is 10.3 Å². The van der Waals surface area contributed by atoms with Gasteiger partial charge in [-0.05, 0) is 39.3 Å². The number of hydrogen-bond acceptors (Lipinski definition) is 4. The van der Waals surface area contributed by atoms with E-state index in [9.17, 15) is 9.59 Å². The molecule has 5 heteroatoms. The molecule has 19 heavy (non-hydrogen) atoms. The Morgan fingerprint density at radius 3 is 2.42 bits per heavy atom. The van der Waals surface area contributed by atoms with Crippen molar-refractivity contribution in [3.8, 4) is 0 Å². The molecule has 0 fully saturated rings. The van der Waals surface area contributed by atoms with Gasteiger partial charge in [-0.15, -0.1) is 0 Å². The van der Waals surface area contributed by atoms with Crippen LogP contribution < -0.4 is 5.32 Å². The summed E-state index contributed by atoms with van der Waals surface area (Å²) in [6.45, 7) is 7.31. The second-order valence-electron chi connectivity index (χ2n) is 5.17. The Morgan fingerprint density at radius 2 is 1.95 bits per heavy atom. The minimum Gasteiger partial charge on any atom is -0.456 e. The van der Waals surface area contributed by atoms with Gasteiger partial charge in [0.2, 0.25) is 0 Å². The van der Waals surface area contributed by atoms with Crippen LogP contribution >= 0.6 is 0 Å². The third-order valence-electron chi connectivity index (χ3n) is 2.33. The van der Waals surface area contributed by atoms with Crippen molar-refractivity contribution in [2.24, 2.45) is 0 Å².